The van der Waals surface area contributed by atoms with Crippen molar-refractivity contribution in [3.8, 4) is 5.75 Å². The van der Waals surface area contributed by atoms with Gasteiger partial charge in [-0.25, -0.2) is 12.8 Å². The minimum atomic E-state index is -3.87. The lowest BCUT2D eigenvalue weighted by Crippen LogP contribution is -2.14. The topological polar surface area (TPSA) is 66.4 Å². The smallest absolute Gasteiger partial charge is 0.262 e. The summed E-state index contributed by atoms with van der Waals surface area (Å²) in [6, 6.07) is 7.93. The molecule has 0 aromatic heterocycles. The van der Waals surface area contributed by atoms with Gasteiger partial charge in [-0.15, -0.1) is 0 Å². The van der Waals surface area contributed by atoms with Gasteiger partial charge in [0.25, 0.3) is 10.0 Å². The van der Waals surface area contributed by atoms with Crippen LogP contribution in [0.3, 0.4) is 0 Å². The van der Waals surface area contributed by atoms with E-state index in [1.165, 1.54) is 30.3 Å². The zero-order chi connectivity index (χ0) is 14.9. The maximum Gasteiger partial charge on any atom is 0.262 e. The molecule has 2 aromatic carbocycles. The third kappa shape index (κ3) is 2.91. The molecule has 0 radical (unpaired) electrons. The second-order valence-corrected chi connectivity index (χ2v) is 6.17. The number of nitrogens with one attached hydrogen (secondary N) is 1. The first kappa shape index (κ1) is 14.3. The summed E-state index contributed by atoms with van der Waals surface area (Å²) in [6.07, 6.45) is 0. The van der Waals surface area contributed by atoms with Crippen LogP contribution in [0.2, 0.25) is 0 Å². The number of hydrogen-bond acceptors (Lipinski definition) is 3. The SMILES string of the molecule is Cc1cc(NS(=O)(=O)c2cc(F)ccc2C)ccc1O. The first-order valence-electron chi connectivity index (χ1n) is 5.88. The molecule has 0 fully saturated rings. The van der Waals surface area contributed by atoms with Crippen LogP contribution in [0, 0.1) is 19.7 Å². The molecule has 106 valence electrons. The van der Waals surface area contributed by atoms with Gasteiger partial charge in [-0.2, -0.15) is 0 Å². The minimum absolute atomic E-state index is 0.0786. The number of aryl methyl sites for hydroxylation is 2. The number of phenolic OH excluding ortho intramolecular Hbond substituents is 1. The van der Waals surface area contributed by atoms with E-state index in [9.17, 15) is 17.9 Å². The van der Waals surface area contributed by atoms with E-state index in [2.05, 4.69) is 4.72 Å². The van der Waals surface area contributed by atoms with E-state index in [1.54, 1.807) is 13.8 Å². The fraction of sp³-hybridized carbons (Fsp3) is 0.143. The average Bonchev–Trinajstić information content (AvgIpc) is 2.36. The summed E-state index contributed by atoms with van der Waals surface area (Å²) in [5.41, 5.74) is 1.31. The fourth-order valence-corrected chi connectivity index (χ4v) is 3.10. The molecular formula is C14H14FNO3S. The van der Waals surface area contributed by atoms with Crippen molar-refractivity contribution in [2.45, 2.75) is 18.7 Å². The van der Waals surface area contributed by atoms with Gasteiger partial charge < -0.3 is 5.11 Å². The van der Waals surface area contributed by atoms with Crippen molar-refractivity contribution in [1.82, 2.24) is 0 Å². The van der Waals surface area contributed by atoms with Crippen molar-refractivity contribution < 1.29 is 17.9 Å². The Morgan fingerprint density at radius 1 is 1.05 bits per heavy atom. The molecule has 0 aliphatic rings. The van der Waals surface area contributed by atoms with Gasteiger partial charge in [-0.05, 0) is 55.3 Å². The van der Waals surface area contributed by atoms with Crippen LogP contribution in [0.15, 0.2) is 41.3 Å². The molecule has 20 heavy (non-hydrogen) atoms. The molecule has 0 unspecified atom stereocenters. The van der Waals surface area contributed by atoms with Crippen LogP contribution < -0.4 is 4.72 Å². The van der Waals surface area contributed by atoms with Crippen molar-refractivity contribution in [1.29, 1.82) is 0 Å². The van der Waals surface area contributed by atoms with E-state index >= 15 is 0 Å². The van der Waals surface area contributed by atoms with E-state index in [4.69, 9.17) is 0 Å². The Hall–Kier alpha value is -2.08. The predicted octanol–water partition coefficient (Wildman–Crippen LogP) is 2.95. The number of rotatable bonds is 3. The summed E-state index contributed by atoms with van der Waals surface area (Å²) < 4.78 is 40.0. The average molecular weight is 295 g/mol. The molecule has 0 heterocycles. The standard InChI is InChI=1S/C14H14FNO3S/c1-9-3-4-11(15)8-14(9)20(18,19)16-12-5-6-13(17)10(2)7-12/h3-8,16-17H,1-2H3. The zero-order valence-corrected chi connectivity index (χ0v) is 11.8. The summed E-state index contributed by atoms with van der Waals surface area (Å²) in [5, 5.41) is 9.41. The molecule has 0 bridgehead atoms. The molecule has 0 amide bonds. The molecule has 0 aliphatic heterocycles. The van der Waals surface area contributed by atoms with Gasteiger partial charge >= 0.3 is 0 Å². The van der Waals surface area contributed by atoms with Crippen molar-refractivity contribution >= 4 is 15.7 Å². The van der Waals surface area contributed by atoms with Gasteiger partial charge in [-0.1, -0.05) is 6.07 Å². The number of phenols is 1. The van der Waals surface area contributed by atoms with Gasteiger partial charge in [0.05, 0.1) is 4.90 Å². The Bertz CT molecular complexity index is 757. The van der Waals surface area contributed by atoms with Crippen molar-refractivity contribution in [3.05, 3.63) is 53.3 Å². The summed E-state index contributed by atoms with van der Waals surface area (Å²) >= 11 is 0. The van der Waals surface area contributed by atoms with Crippen LogP contribution in [0.1, 0.15) is 11.1 Å². The molecular weight excluding hydrogens is 281 g/mol. The molecule has 4 nitrogen and oxygen atoms in total. The molecule has 2 aromatic rings. The molecule has 0 atom stereocenters. The van der Waals surface area contributed by atoms with Crippen LogP contribution in [0.5, 0.6) is 5.75 Å². The third-order valence-corrected chi connectivity index (χ3v) is 4.41. The summed E-state index contributed by atoms with van der Waals surface area (Å²) in [5.74, 6) is -0.534. The molecule has 2 N–H and O–H groups in total. The number of aromatic hydroxyl groups is 1. The van der Waals surface area contributed by atoms with Crippen LogP contribution in [0.25, 0.3) is 0 Å². The van der Waals surface area contributed by atoms with Crippen LogP contribution in [0.4, 0.5) is 10.1 Å². The zero-order valence-electron chi connectivity index (χ0n) is 11.0. The maximum atomic E-state index is 13.2. The Kier molecular flexibility index (Phi) is 3.67. The van der Waals surface area contributed by atoms with E-state index in [-0.39, 0.29) is 10.6 Å². The first-order chi connectivity index (χ1) is 9.29. The lowest BCUT2D eigenvalue weighted by atomic mass is 10.2. The molecule has 0 aliphatic carbocycles. The highest BCUT2D eigenvalue weighted by molar-refractivity contribution is 7.92. The lowest BCUT2D eigenvalue weighted by molar-refractivity contribution is 0.471. The highest BCUT2D eigenvalue weighted by atomic mass is 32.2. The van der Waals surface area contributed by atoms with Crippen LogP contribution in [-0.2, 0) is 10.0 Å². The van der Waals surface area contributed by atoms with Gasteiger partial charge in [0.15, 0.2) is 0 Å². The molecule has 2 rings (SSSR count). The fourth-order valence-electron chi connectivity index (χ4n) is 1.79. The Balaban J connectivity index is 2.40. The number of hydrogen-bond donors (Lipinski definition) is 2. The van der Waals surface area contributed by atoms with Crippen molar-refractivity contribution in [3.63, 3.8) is 0 Å². The summed E-state index contributed by atoms with van der Waals surface area (Å²) in [7, 11) is -3.87. The molecule has 0 spiro atoms. The molecule has 0 saturated carbocycles. The lowest BCUT2D eigenvalue weighted by Gasteiger charge is -2.11. The second kappa shape index (κ2) is 5.13. The van der Waals surface area contributed by atoms with Gasteiger partial charge in [0.1, 0.15) is 11.6 Å². The Labute approximate surface area is 116 Å². The van der Waals surface area contributed by atoms with E-state index in [1.807, 2.05) is 0 Å². The quantitative estimate of drug-likeness (QED) is 0.856. The van der Waals surface area contributed by atoms with Gasteiger partial charge in [0.2, 0.25) is 0 Å². The minimum Gasteiger partial charge on any atom is -0.508 e. The van der Waals surface area contributed by atoms with E-state index < -0.39 is 15.8 Å². The first-order valence-corrected chi connectivity index (χ1v) is 7.36. The normalized spacial score (nSPS) is 11.3. The highest BCUT2D eigenvalue weighted by Crippen LogP contribution is 2.24. The molecule has 6 heteroatoms. The highest BCUT2D eigenvalue weighted by Gasteiger charge is 2.18. The van der Waals surface area contributed by atoms with Crippen molar-refractivity contribution in [2.24, 2.45) is 0 Å². The van der Waals surface area contributed by atoms with E-state index in [0.717, 1.165) is 6.07 Å². The number of sulfonamides is 1. The predicted molar refractivity (Wildman–Crippen MR) is 74.8 cm³/mol. The van der Waals surface area contributed by atoms with Gasteiger partial charge in [0, 0.05) is 5.69 Å². The monoisotopic (exact) mass is 295 g/mol. The third-order valence-electron chi connectivity index (χ3n) is 2.89. The van der Waals surface area contributed by atoms with Crippen LogP contribution in [-0.4, -0.2) is 13.5 Å². The summed E-state index contributed by atoms with van der Waals surface area (Å²) in [4.78, 5) is -0.108. The second-order valence-electron chi connectivity index (χ2n) is 4.52. The Morgan fingerprint density at radius 2 is 1.75 bits per heavy atom. The summed E-state index contributed by atoms with van der Waals surface area (Å²) in [6.45, 7) is 3.25. The molecule has 0 saturated heterocycles. The largest absolute Gasteiger partial charge is 0.508 e. The van der Waals surface area contributed by atoms with Gasteiger partial charge in [-0.3, -0.25) is 4.72 Å². The number of benzene rings is 2. The number of halogens is 1. The van der Waals surface area contributed by atoms with Crippen molar-refractivity contribution in [2.75, 3.05) is 4.72 Å². The van der Waals surface area contributed by atoms with Crippen LogP contribution >= 0.6 is 0 Å². The number of anilines is 1. The maximum absolute atomic E-state index is 13.2. The van der Waals surface area contributed by atoms with E-state index in [0.29, 0.717) is 16.8 Å². The Morgan fingerprint density at radius 3 is 2.40 bits per heavy atom.